The fraction of sp³-hybridized carbons (Fsp3) is 0.440. The average molecular weight is 1280 g/mol. The van der Waals surface area contributed by atoms with Gasteiger partial charge in [0.15, 0.2) is 29.0 Å². The molecule has 3 aliphatic heterocycles. The van der Waals surface area contributed by atoms with E-state index in [4.69, 9.17) is 48.5 Å². The van der Waals surface area contributed by atoms with Gasteiger partial charge < -0.3 is 32.2 Å². The zero-order valence-corrected chi connectivity index (χ0v) is 55.7. The number of ether oxygens (including phenoxy) is 1. The number of carbonyl (C=O) groups is 4. The van der Waals surface area contributed by atoms with E-state index >= 15 is 0 Å². The molecule has 4 heterocycles. The molecule has 490 valence electrons. The first-order chi connectivity index (χ1) is 44.9. The highest BCUT2D eigenvalue weighted by molar-refractivity contribution is 6.30. The molecule has 18 heteroatoms. The number of aromatic nitrogens is 1. The lowest BCUT2D eigenvalue weighted by molar-refractivity contribution is -0.132. The molecule has 3 saturated carbocycles. The normalized spacial score (nSPS) is 22.0. The third kappa shape index (κ3) is 15.2. The molecule has 3 aliphatic carbocycles. The zero-order valence-electron chi connectivity index (χ0n) is 55.0. The monoisotopic (exact) mass is 1280 g/mol. The van der Waals surface area contributed by atoms with E-state index in [1.165, 1.54) is 43.4 Å². The summed E-state index contributed by atoms with van der Waals surface area (Å²) in [7, 11) is 3.43. The molecule has 3 fully saturated rings. The third-order valence-corrected chi connectivity index (χ3v) is 19.7. The molecule has 1 aromatic heterocycles. The summed E-state index contributed by atoms with van der Waals surface area (Å²) in [5.74, 6) is 3.08. The third-order valence-electron chi connectivity index (χ3n) is 19.4. The molecular formula is C75H93ClN12O5. The van der Waals surface area contributed by atoms with Crippen molar-refractivity contribution < 1.29 is 23.9 Å². The first-order valence-electron chi connectivity index (χ1n) is 33.4. The Balaban J connectivity index is 0.000000153. The number of amides is 4. The van der Waals surface area contributed by atoms with Crippen molar-refractivity contribution in [2.24, 2.45) is 49.9 Å². The Morgan fingerprint density at radius 2 is 1.33 bits per heavy atom. The molecule has 6 aliphatic rings. The largest absolute Gasteiger partial charge is 0.385 e. The van der Waals surface area contributed by atoms with Gasteiger partial charge in [0.1, 0.15) is 11.4 Å². The quantitative estimate of drug-likeness (QED) is 0.0498. The van der Waals surface area contributed by atoms with Gasteiger partial charge in [0.2, 0.25) is 0 Å². The van der Waals surface area contributed by atoms with E-state index < -0.39 is 16.6 Å². The van der Waals surface area contributed by atoms with Gasteiger partial charge in [-0.1, -0.05) is 166 Å². The van der Waals surface area contributed by atoms with Crippen molar-refractivity contribution in [1.82, 2.24) is 24.6 Å². The number of aliphatic imine (C=N–C) groups is 3. The van der Waals surface area contributed by atoms with Gasteiger partial charge in [-0.3, -0.25) is 33.9 Å². The minimum Gasteiger partial charge on any atom is -0.385 e. The number of benzene rings is 5. The van der Waals surface area contributed by atoms with Crippen LogP contribution in [-0.2, 0) is 36.7 Å². The predicted molar refractivity (Wildman–Crippen MR) is 371 cm³/mol. The molecule has 93 heavy (non-hydrogen) atoms. The van der Waals surface area contributed by atoms with Gasteiger partial charge in [0.05, 0.1) is 6.54 Å². The molecule has 0 spiro atoms. The van der Waals surface area contributed by atoms with Crippen LogP contribution in [0.2, 0.25) is 5.02 Å². The highest BCUT2D eigenvalue weighted by Gasteiger charge is 2.58. The van der Waals surface area contributed by atoms with Crippen molar-refractivity contribution in [3.05, 3.63) is 190 Å². The van der Waals surface area contributed by atoms with Gasteiger partial charge in [-0.05, 0) is 173 Å². The van der Waals surface area contributed by atoms with Crippen molar-refractivity contribution in [2.75, 3.05) is 39.2 Å². The van der Waals surface area contributed by atoms with Gasteiger partial charge >= 0.3 is 0 Å². The number of pyridine rings is 1. The first-order valence-corrected chi connectivity index (χ1v) is 33.8. The molecule has 17 nitrogen and oxygen atoms in total. The van der Waals surface area contributed by atoms with E-state index in [1.54, 1.807) is 30.0 Å². The molecule has 5 aromatic carbocycles. The van der Waals surface area contributed by atoms with Crippen LogP contribution in [0.4, 0.5) is 5.82 Å². The van der Waals surface area contributed by atoms with Crippen LogP contribution in [-0.4, -0.2) is 118 Å². The molecule has 0 radical (unpaired) electrons. The topological polar surface area (TPSA) is 231 Å². The molecule has 12 rings (SSSR count). The lowest BCUT2D eigenvalue weighted by Gasteiger charge is -2.35. The number of guanidine groups is 3. The summed E-state index contributed by atoms with van der Waals surface area (Å²) in [5.41, 5.74) is 22.8. The Hall–Kier alpha value is -8.41. The molecule has 1 unspecified atom stereocenters. The molecule has 4 atom stereocenters. The van der Waals surface area contributed by atoms with E-state index in [9.17, 15) is 19.2 Å². The fourth-order valence-corrected chi connectivity index (χ4v) is 14.7. The van der Waals surface area contributed by atoms with E-state index in [1.807, 2.05) is 166 Å². The Kier molecular flexibility index (Phi) is 21.9. The van der Waals surface area contributed by atoms with Crippen molar-refractivity contribution in [3.8, 4) is 11.1 Å². The molecule has 0 bridgehead atoms. The number of nitrogens with zero attached hydrogens (tertiary/aromatic N) is 8. The lowest BCUT2D eigenvalue weighted by Crippen LogP contribution is -2.44. The lowest BCUT2D eigenvalue weighted by atomic mass is 9.74. The minimum absolute atomic E-state index is 0.0214. The molecule has 7 N–H and O–H groups in total. The second-order valence-electron chi connectivity index (χ2n) is 26.2. The van der Waals surface area contributed by atoms with Crippen LogP contribution >= 0.6 is 11.6 Å². The van der Waals surface area contributed by atoms with Gasteiger partial charge in [-0.25, -0.2) is 20.0 Å². The summed E-state index contributed by atoms with van der Waals surface area (Å²) in [6.45, 7) is 9.94. The van der Waals surface area contributed by atoms with E-state index in [-0.39, 0.29) is 48.1 Å². The van der Waals surface area contributed by atoms with Crippen LogP contribution in [0.5, 0.6) is 0 Å². The second-order valence-corrected chi connectivity index (χ2v) is 26.7. The van der Waals surface area contributed by atoms with Crippen LogP contribution in [0.3, 0.4) is 0 Å². The van der Waals surface area contributed by atoms with Gasteiger partial charge in [0, 0.05) is 62.2 Å². The Labute approximate surface area is 554 Å². The summed E-state index contributed by atoms with van der Waals surface area (Å²) < 4.78 is 5.11. The van der Waals surface area contributed by atoms with E-state index in [2.05, 4.69) is 22.4 Å². The number of hydrogen-bond donors (Lipinski definition) is 4. The SMILES string of the molecule is CCN(C(=O)c1cccc(CN2C(=O)C(c3ccccc3)(c3ccccc3)N=C2N)c1)C(C)C.COCCCN1C(=O)C(c2cccc(-c3cccc(Cl)c3)c2)(C2CC2)N=C1N.Cc1cccc(N[C@@H]2CCC[C@H](C[C@@]3(CCC4CCCCC4)N=C(N)N(C)C3=O)C2)n1. The van der Waals surface area contributed by atoms with Crippen molar-refractivity contribution in [2.45, 2.75) is 159 Å². The number of halogens is 1. The molecule has 4 amide bonds. The van der Waals surface area contributed by atoms with E-state index in [0.717, 1.165) is 109 Å². The highest BCUT2D eigenvalue weighted by atomic mass is 35.5. The highest BCUT2D eigenvalue weighted by Crippen LogP contribution is 2.52. The Bertz CT molecular complexity index is 3640. The summed E-state index contributed by atoms with van der Waals surface area (Å²) >= 11 is 6.16. The smallest absolute Gasteiger partial charge is 0.266 e. The van der Waals surface area contributed by atoms with E-state index in [0.29, 0.717) is 54.2 Å². The van der Waals surface area contributed by atoms with Crippen molar-refractivity contribution >= 4 is 58.9 Å². The number of carbonyl (C=O) groups excluding carboxylic acids is 4. The number of likely N-dealkylation sites (N-methyl/N-ethyl adjacent to an activating group) is 1. The number of anilines is 1. The van der Waals surface area contributed by atoms with Crippen LogP contribution < -0.4 is 22.5 Å². The maximum Gasteiger partial charge on any atom is 0.266 e. The fourth-order valence-electron chi connectivity index (χ4n) is 14.5. The summed E-state index contributed by atoms with van der Waals surface area (Å²) in [6.07, 6.45) is 16.6. The Morgan fingerprint density at radius 1 is 0.688 bits per heavy atom. The average Bonchev–Trinajstić information content (AvgIpc) is 1.60. The summed E-state index contributed by atoms with van der Waals surface area (Å²) in [4.78, 5) is 79.2. The number of nitrogens with two attached hydrogens (primary N) is 3. The van der Waals surface area contributed by atoms with Gasteiger partial charge in [-0.2, -0.15) is 0 Å². The Morgan fingerprint density at radius 3 is 1.97 bits per heavy atom. The maximum atomic E-state index is 14.0. The zero-order chi connectivity index (χ0) is 65.9. The van der Waals surface area contributed by atoms with Crippen LogP contribution in [0.1, 0.15) is 155 Å². The van der Waals surface area contributed by atoms with Crippen molar-refractivity contribution in [3.63, 3.8) is 0 Å². The summed E-state index contributed by atoms with van der Waals surface area (Å²) in [5, 5.41) is 4.32. The van der Waals surface area contributed by atoms with Crippen LogP contribution in [0.25, 0.3) is 11.1 Å². The number of aryl methyl sites for hydroxylation is 1. The standard InChI is InChI=1S/C28H30N4O2.C25H39N5O.C22H24ClN3O2/c1-4-31(20(2)3)25(33)22-13-11-12-21(18-22)19-32-26(34)28(30-27(32)29,23-14-7-5-8-15-23)24-16-9-6-10-17-24;1-18-8-6-13-22(27-18)28-21-12-7-11-20(16-21)17-25(23(31)30(2)24(26)29-25)15-14-19-9-4-3-5-10-19;1-28-12-4-11-26-20(27)22(17-9-10-17,25-21(26)24)18-7-2-5-15(13-18)16-6-3-8-19(23)14-16/h5-18,20H,4,19H2,1-3H3,(H2,29,30);6,8,13,19-21H,3-5,7,9-12,14-17H2,1-2H3,(H2,26,29)(H,27,28);2-3,5-8,13-14,17H,4,9-12H2,1H3,(H2,24,25)/t;20-,21+,25+;/m.0./s1. The molecular weight excluding hydrogens is 1180 g/mol. The number of rotatable bonds is 21. The predicted octanol–water partition coefficient (Wildman–Crippen LogP) is 12.6. The molecule has 6 aromatic rings. The maximum absolute atomic E-state index is 14.0. The minimum atomic E-state index is -1.24. The van der Waals surface area contributed by atoms with Gasteiger partial charge in [0.25, 0.3) is 23.6 Å². The van der Waals surface area contributed by atoms with Crippen LogP contribution in [0, 0.1) is 24.7 Å². The first kappa shape index (κ1) is 67.5. The number of nitrogens with one attached hydrogen (secondary N) is 1. The number of methoxy groups -OCH3 is 1. The number of hydrogen-bond acceptors (Lipinski definition) is 13. The van der Waals surface area contributed by atoms with Crippen LogP contribution in [0.15, 0.2) is 167 Å². The van der Waals surface area contributed by atoms with Gasteiger partial charge in [-0.15, -0.1) is 0 Å². The molecule has 0 saturated heterocycles. The second kappa shape index (κ2) is 30.1. The summed E-state index contributed by atoms with van der Waals surface area (Å²) in [6, 6.07) is 48.7. The van der Waals surface area contributed by atoms with Crippen molar-refractivity contribution in [1.29, 1.82) is 0 Å².